The van der Waals surface area contributed by atoms with Gasteiger partial charge in [-0.15, -0.1) is 0 Å². The molecule has 1 saturated heterocycles. The Bertz CT molecular complexity index is 2220. The molecule has 4 aliphatic rings. The van der Waals surface area contributed by atoms with E-state index in [1.165, 1.54) is 31.3 Å². The minimum Gasteiger partial charge on any atom is -0.495 e. The summed E-state index contributed by atoms with van der Waals surface area (Å²) in [4.78, 5) is 88.0. The molecule has 18 nitrogen and oxygen atoms in total. The van der Waals surface area contributed by atoms with Crippen LogP contribution in [-0.4, -0.2) is 129 Å². The van der Waals surface area contributed by atoms with Gasteiger partial charge in [0.25, 0.3) is 23.6 Å². The standard InChI is InChI=1S/C42H49F2N9O9/c1-51-31-23-47-41(50-35(31)52(26-8-3-4-9-26)24-42(43,44)40(51)59)48-28-13-12-25(22-32(28)60-2)36(55)46-16-6-18-61-19-7-20-62-21-17-45-29-11-5-10-27-34(29)39(58)53(38(27)57)30-14-15-33(54)49-37(30)56/h5,10-13,22-23,26,30,45H,3-4,6-9,14-21,24H2,1-2H3,(H,46,55)(H,47,48,50)(H,49,54,56). The largest absolute Gasteiger partial charge is 0.495 e. The molecule has 2 fully saturated rings. The lowest BCUT2D eigenvalue weighted by Gasteiger charge is -2.31. The van der Waals surface area contributed by atoms with E-state index in [-0.39, 0.29) is 53.4 Å². The zero-order valence-corrected chi connectivity index (χ0v) is 34.5. The summed E-state index contributed by atoms with van der Waals surface area (Å²) >= 11 is 0. The molecule has 6 amide bonds. The van der Waals surface area contributed by atoms with E-state index in [0.29, 0.717) is 75.0 Å². The van der Waals surface area contributed by atoms with Crippen LogP contribution in [0.15, 0.2) is 42.6 Å². The van der Waals surface area contributed by atoms with Crippen LogP contribution >= 0.6 is 0 Å². The third kappa shape index (κ3) is 9.45. The molecule has 4 heterocycles. The normalized spacial score (nSPS) is 18.7. The Morgan fingerprint density at radius 3 is 2.45 bits per heavy atom. The highest BCUT2D eigenvalue weighted by Gasteiger charge is 2.49. The third-order valence-corrected chi connectivity index (χ3v) is 11.2. The first-order valence-corrected chi connectivity index (χ1v) is 20.6. The predicted octanol–water partition coefficient (Wildman–Crippen LogP) is 3.65. The summed E-state index contributed by atoms with van der Waals surface area (Å²) in [5.41, 5.74) is 1.83. The zero-order chi connectivity index (χ0) is 44.0. The number of anilines is 5. The second kappa shape index (κ2) is 19.2. The molecular weight excluding hydrogens is 813 g/mol. The highest BCUT2D eigenvalue weighted by atomic mass is 19.3. The van der Waals surface area contributed by atoms with E-state index in [2.05, 4.69) is 31.2 Å². The van der Waals surface area contributed by atoms with Gasteiger partial charge in [-0.05, 0) is 62.4 Å². The van der Waals surface area contributed by atoms with Crippen molar-refractivity contribution in [1.29, 1.82) is 0 Å². The predicted molar refractivity (Wildman–Crippen MR) is 221 cm³/mol. The number of methoxy groups -OCH3 is 1. The number of imide groups is 2. The van der Waals surface area contributed by atoms with Crippen LogP contribution in [0.5, 0.6) is 5.75 Å². The molecule has 3 aliphatic heterocycles. The lowest BCUT2D eigenvalue weighted by atomic mass is 10.0. The minimum absolute atomic E-state index is 0.0441. The Labute approximate surface area is 356 Å². The van der Waals surface area contributed by atoms with Gasteiger partial charge in [0, 0.05) is 63.7 Å². The fourth-order valence-electron chi connectivity index (χ4n) is 8.03. The number of piperidine rings is 1. The van der Waals surface area contributed by atoms with Crippen LogP contribution in [0, 0.1) is 0 Å². The molecule has 0 radical (unpaired) electrons. The highest BCUT2D eigenvalue weighted by molar-refractivity contribution is 6.25. The fraction of sp³-hybridized carbons (Fsp3) is 0.476. The van der Waals surface area contributed by atoms with Gasteiger partial charge < -0.3 is 40.0 Å². The van der Waals surface area contributed by atoms with Crippen LogP contribution in [-0.2, 0) is 23.9 Å². The summed E-state index contributed by atoms with van der Waals surface area (Å²) < 4.78 is 46.9. The van der Waals surface area contributed by atoms with Gasteiger partial charge in [0.1, 0.15) is 17.5 Å². The average Bonchev–Trinajstić information content (AvgIpc) is 3.87. The molecule has 20 heteroatoms. The Morgan fingerprint density at radius 2 is 1.69 bits per heavy atom. The van der Waals surface area contributed by atoms with Crippen molar-refractivity contribution in [2.24, 2.45) is 0 Å². The van der Waals surface area contributed by atoms with Crippen molar-refractivity contribution in [2.45, 2.75) is 69.4 Å². The summed E-state index contributed by atoms with van der Waals surface area (Å²) in [7, 11) is 2.75. The number of halogens is 2. The number of hydrogen-bond acceptors (Lipinski definition) is 14. The molecule has 7 rings (SSSR count). The van der Waals surface area contributed by atoms with E-state index >= 15 is 0 Å². The van der Waals surface area contributed by atoms with E-state index in [1.807, 2.05) is 0 Å². The minimum atomic E-state index is -3.59. The van der Waals surface area contributed by atoms with E-state index < -0.39 is 48.0 Å². The van der Waals surface area contributed by atoms with Gasteiger partial charge >= 0.3 is 5.92 Å². The Balaban J connectivity index is 0.803. The number of nitrogens with one attached hydrogen (secondary N) is 4. The number of fused-ring (bicyclic) bond motifs is 2. The van der Waals surface area contributed by atoms with Gasteiger partial charge in [-0.3, -0.25) is 39.0 Å². The second-order valence-electron chi connectivity index (χ2n) is 15.4. The smallest absolute Gasteiger partial charge is 0.342 e. The molecule has 1 aromatic heterocycles. The maximum absolute atomic E-state index is 15.0. The highest BCUT2D eigenvalue weighted by Crippen LogP contribution is 2.40. The maximum atomic E-state index is 15.0. The van der Waals surface area contributed by atoms with Gasteiger partial charge in [-0.25, -0.2) is 4.98 Å². The molecule has 4 N–H and O–H groups in total. The van der Waals surface area contributed by atoms with Crippen LogP contribution < -0.4 is 35.8 Å². The van der Waals surface area contributed by atoms with Gasteiger partial charge in [0.15, 0.2) is 5.82 Å². The summed E-state index contributed by atoms with van der Waals surface area (Å²) in [5.74, 6) is -6.78. The fourth-order valence-corrected chi connectivity index (χ4v) is 8.03. The Hall–Kier alpha value is -6.28. The first kappa shape index (κ1) is 43.8. The molecule has 3 aromatic rings. The average molecular weight is 862 g/mol. The third-order valence-electron chi connectivity index (χ3n) is 11.2. The number of hydrogen-bond donors (Lipinski definition) is 4. The molecule has 2 aromatic carbocycles. The first-order chi connectivity index (χ1) is 29.9. The van der Waals surface area contributed by atoms with Gasteiger partial charge in [-0.1, -0.05) is 18.9 Å². The van der Waals surface area contributed by atoms with Crippen molar-refractivity contribution < 1.29 is 51.8 Å². The number of alkyl halides is 2. The van der Waals surface area contributed by atoms with Gasteiger partial charge in [-0.2, -0.15) is 13.8 Å². The van der Waals surface area contributed by atoms with E-state index in [9.17, 15) is 37.5 Å². The molecule has 62 heavy (non-hydrogen) atoms. The molecule has 1 saturated carbocycles. The van der Waals surface area contributed by atoms with Crippen molar-refractivity contribution in [3.63, 3.8) is 0 Å². The molecule has 1 unspecified atom stereocenters. The van der Waals surface area contributed by atoms with E-state index in [0.717, 1.165) is 35.5 Å². The summed E-state index contributed by atoms with van der Waals surface area (Å²) in [5, 5.41) is 11.3. The summed E-state index contributed by atoms with van der Waals surface area (Å²) in [6.45, 7) is 1.55. The van der Waals surface area contributed by atoms with Crippen LogP contribution in [0.3, 0.4) is 0 Å². The van der Waals surface area contributed by atoms with Crippen molar-refractivity contribution in [3.05, 3.63) is 59.3 Å². The number of ether oxygens (including phenoxy) is 3. The van der Waals surface area contributed by atoms with Crippen LogP contribution in [0.4, 0.5) is 37.6 Å². The number of aromatic nitrogens is 2. The van der Waals surface area contributed by atoms with Crippen LogP contribution in [0.25, 0.3) is 0 Å². The summed E-state index contributed by atoms with van der Waals surface area (Å²) in [6.07, 6.45) is 5.92. The SMILES string of the molecule is COc1cc(C(=O)NCCCOCCCOCCNc2cccc3c2C(=O)N(C2CCC(=O)NC2=O)C3=O)ccc1Nc1ncc2c(n1)N(C1CCCC1)CC(F)(F)C(=O)N2C. The Kier molecular flexibility index (Phi) is 13.6. The number of nitrogens with zero attached hydrogens (tertiary/aromatic N) is 5. The number of carbonyl (C=O) groups is 6. The van der Waals surface area contributed by atoms with Crippen LogP contribution in [0.1, 0.15) is 82.4 Å². The molecule has 0 spiro atoms. The maximum Gasteiger partial charge on any atom is 0.342 e. The van der Waals surface area contributed by atoms with Gasteiger partial charge in [0.05, 0.1) is 43.3 Å². The lowest BCUT2D eigenvalue weighted by Crippen LogP contribution is -2.54. The van der Waals surface area contributed by atoms with Crippen molar-refractivity contribution in [2.75, 3.05) is 80.7 Å². The number of amides is 6. The van der Waals surface area contributed by atoms with E-state index in [4.69, 9.17) is 14.2 Å². The number of rotatable bonds is 18. The van der Waals surface area contributed by atoms with Crippen molar-refractivity contribution >= 4 is 64.3 Å². The van der Waals surface area contributed by atoms with E-state index in [1.54, 1.807) is 30.3 Å². The Morgan fingerprint density at radius 1 is 0.935 bits per heavy atom. The lowest BCUT2D eigenvalue weighted by molar-refractivity contribution is -0.140. The van der Waals surface area contributed by atoms with Gasteiger partial charge in [0.2, 0.25) is 17.8 Å². The monoisotopic (exact) mass is 861 g/mol. The van der Waals surface area contributed by atoms with Crippen LogP contribution in [0.2, 0.25) is 0 Å². The quantitative estimate of drug-likeness (QED) is 0.106. The molecule has 1 aliphatic carbocycles. The molecular formula is C42H49F2N9O9. The topological polar surface area (TPSA) is 214 Å². The zero-order valence-electron chi connectivity index (χ0n) is 34.5. The number of carbonyl (C=O) groups excluding carboxylic acids is 6. The second-order valence-corrected chi connectivity index (χ2v) is 15.4. The van der Waals surface area contributed by atoms with Crippen molar-refractivity contribution in [3.8, 4) is 5.75 Å². The first-order valence-electron chi connectivity index (χ1n) is 20.6. The summed E-state index contributed by atoms with van der Waals surface area (Å²) in [6, 6.07) is 8.46. The number of benzene rings is 2. The van der Waals surface area contributed by atoms with Crippen molar-refractivity contribution in [1.82, 2.24) is 25.5 Å². The molecule has 0 bridgehead atoms. The molecule has 330 valence electrons. The molecule has 1 atom stereocenters.